The van der Waals surface area contributed by atoms with Crippen LogP contribution in [0.3, 0.4) is 0 Å². The summed E-state index contributed by atoms with van der Waals surface area (Å²) in [7, 11) is 0. The van der Waals surface area contributed by atoms with E-state index in [9.17, 15) is 9.50 Å². The topological polar surface area (TPSA) is 45.1 Å². The number of aliphatic hydroxyl groups excluding tert-OH is 1. The van der Waals surface area contributed by atoms with Gasteiger partial charge in [0.1, 0.15) is 0 Å². The maximum Gasteiger partial charge on any atom is 0.166 e. The summed E-state index contributed by atoms with van der Waals surface area (Å²) in [6.45, 7) is 0.204. The van der Waals surface area contributed by atoms with E-state index in [1.54, 1.807) is 0 Å². The molecule has 2 rings (SSSR count). The Labute approximate surface area is 113 Å². The quantitative estimate of drug-likeness (QED) is 0.912. The van der Waals surface area contributed by atoms with Crippen molar-refractivity contribution in [2.75, 3.05) is 11.9 Å². The second-order valence-electron chi connectivity index (χ2n) is 3.79. The van der Waals surface area contributed by atoms with Crippen molar-refractivity contribution in [3.8, 4) is 0 Å². The number of hydrogen-bond acceptors (Lipinski definition) is 3. The van der Waals surface area contributed by atoms with Gasteiger partial charge in [0, 0.05) is 17.2 Å². The third kappa shape index (κ3) is 3.27. The van der Waals surface area contributed by atoms with Crippen molar-refractivity contribution >= 4 is 21.7 Å². The molecule has 3 nitrogen and oxygen atoms in total. The van der Waals surface area contributed by atoms with Gasteiger partial charge in [0.2, 0.25) is 0 Å². The first kappa shape index (κ1) is 13.0. The zero-order valence-corrected chi connectivity index (χ0v) is 11.1. The zero-order chi connectivity index (χ0) is 13.0. The molecule has 0 aliphatic rings. The van der Waals surface area contributed by atoms with Crippen molar-refractivity contribution in [2.45, 2.75) is 6.10 Å². The van der Waals surface area contributed by atoms with Gasteiger partial charge >= 0.3 is 0 Å². The minimum atomic E-state index is -0.698. The Kier molecular flexibility index (Phi) is 4.28. The van der Waals surface area contributed by atoms with E-state index in [4.69, 9.17) is 0 Å². The molecule has 5 heteroatoms. The first-order valence-electron chi connectivity index (χ1n) is 5.45. The fourth-order valence-corrected chi connectivity index (χ4v) is 1.83. The largest absolute Gasteiger partial charge is 0.387 e. The lowest BCUT2D eigenvalue weighted by Gasteiger charge is -2.12. The Bertz CT molecular complexity index is 522. The summed E-state index contributed by atoms with van der Waals surface area (Å²) < 4.78 is 14.0. The number of nitrogens with zero attached hydrogens (tertiary/aromatic N) is 1. The van der Waals surface area contributed by atoms with Crippen molar-refractivity contribution in [1.82, 2.24) is 4.98 Å². The van der Waals surface area contributed by atoms with Crippen LogP contribution in [-0.4, -0.2) is 16.6 Å². The van der Waals surface area contributed by atoms with Crippen LogP contribution in [-0.2, 0) is 0 Å². The summed E-state index contributed by atoms with van der Waals surface area (Å²) in [5.74, 6) is -0.321. The lowest BCUT2D eigenvalue weighted by molar-refractivity contribution is 0.191. The normalized spacial score (nSPS) is 12.2. The van der Waals surface area contributed by atoms with Crippen molar-refractivity contribution < 1.29 is 9.50 Å². The predicted octanol–water partition coefficient (Wildman–Crippen LogP) is 3.13. The molecule has 1 aromatic heterocycles. The molecule has 2 N–H and O–H groups in total. The van der Waals surface area contributed by atoms with Gasteiger partial charge in [-0.3, -0.25) is 0 Å². The highest BCUT2D eigenvalue weighted by Crippen LogP contribution is 2.18. The van der Waals surface area contributed by atoms with Crippen molar-refractivity contribution in [1.29, 1.82) is 0 Å². The van der Waals surface area contributed by atoms with E-state index in [0.717, 1.165) is 5.56 Å². The summed E-state index contributed by atoms with van der Waals surface area (Å²) in [6, 6.07) is 10.5. The number of pyridine rings is 1. The van der Waals surface area contributed by atoms with Gasteiger partial charge in [-0.2, -0.15) is 0 Å². The predicted molar refractivity (Wildman–Crippen MR) is 71.8 cm³/mol. The van der Waals surface area contributed by atoms with Gasteiger partial charge in [-0.1, -0.05) is 30.3 Å². The van der Waals surface area contributed by atoms with Crippen molar-refractivity contribution in [3.63, 3.8) is 0 Å². The summed E-state index contributed by atoms with van der Waals surface area (Å²) in [5.41, 5.74) is 0.780. The van der Waals surface area contributed by atoms with Crippen LogP contribution in [0.4, 0.5) is 10.2 Å². The molecule has 0 saturated carbocycles. The van der Waals surface area contributed by atoms with Gasteiger partial charge in [0.25, 0.3) is 0 Å². The van der Waals surface area contributed by atoms with E-state index in [1.165, 1.54) is 12.3 Å². The molecule has 0 saturated heterocycles. The number of hydrogen-bond donors (Lipinski definition) is 2. The average Bonchev–Trinajstić information content (AvgIpc) is 2.38. The SMILES string of the molecule is OC(CNc1ncc(Br)cc1F)c1ccccc1. The highest BCUT2D eigenvalue weighted by molar-refractivity contribution is 9.10. The summed E-state index contributed by atoms with van der Waals surface area (Å²) in [4.78, 5) is 3.90. The molecular formula is C13H12BrFN2O. The molecule has 18 heavy (non-hydrogen) atoms. The molecule has 94 valence electrons. The van der Waals surface area contributed by atoms with Crippen LogP contribution in [0.25, 0.3) is 0 Å². The molecule has 1 atom stereocenters. The fraction of sp³-hybridized carbons (Fsp3) is 0.154. The van der Waals surface area contributed by atoms with E-state index >= 15 is 0 Å². The first-order valence-corrected chi connectivity index (χ1v) is 6.24. The number of benzene rings is 1. The van der Waals surface area contributed by atoms with E-state index in [1.807, 2.05) is 30.3 Å². The lowest BCUT2D eigenvalue weighted by Crippen LogP contribution is -2.13. The molecule has 1 heterocycles. The highest BCUT2D eigenvalue weighted by atomic mass is 79.9. The average molecular weight is 311 g/mol. The van der Waals surface area contributed by atoms with Gasteiger partial charge in [0.05, 0.1) is 6.10 Å². The summed E-state index contributed by atoms with van der Waals surface area (Å²) in [6.07, 6.45) is 0.802. The molecule has 0 radical (unpaired) electrons. The molecule has 1 unspecified atom stereocenters. The van der Waals surface area contributed by atoms with E-state index in [0.29, 0.717) is 4.47 Å². The number of halogens is 2. The third-order valence-electron chi connectivity index (χ3n) is 2.46. The lowest BCUT2D eigenvalue weighted by atomic mass is 10.1. The standard InChI is InChI=1S/C13H12BrFN2O/c14-10-6-11(15)13(16-7-10)17-8-12(18)9-4-2-1-3-5-9/h1-7,12,18H,8H2,(H,16,17). The minimum absolute atomic E-state index is 0.133. The second kappa shape index (κ2) is 5.93. The Hall–Kier alpha value is -1.46. The van der Waals surface area contributed by atoms with E-state index in [2.05, 4.69) is 26.2 Å². The fourth-order valence-electron chi connectivity index (χ4n) is 1.53. The molecule has 1 aromatic carbocycles. The number of aliphatic hydroxyl groups is 1. The molecule has 2 aromatic rings. The van der Waals surface area contributed by atoms with Crippen LogP contribution in [0.15, 0.2) is 47.1 Å². The smallest absolute Gasteiger partial charge is 0.166 e. The Morgan fingerprint density at radius 3 is 2.72 bits per heavy atom. The molecule has 0 aliphatic carbocycles. The van der Waals surface area contributed by atoms with Gasteiger partial charge in [-0.05, 0) is 27.6 Å². The van der Waals surface area contributed by atoms with Crippen molar-refractivity contribution in [2.24, 2.45) is 0 Å². The number of aromatic nitrogens is 1. The van der Waals surface area contributed by atoms with Crippen LogP contribution in [0.5, 0.6) is 0 Å². The number of nitrogens with one attached hydrogen (secondary N) is 1. The molecular weight excluding hydrogens is 299 g/mol. The summed E-state index contributed by atoms with van der Waals surface area (Å²) >= 11 is 3.13. The maximum atomic E-state index is 13.5. The van der Waals surface area contributed by atoms with Crippen molar-refractivity contribution in [3.05, 3.63) is 58.4 Å². The number of rotatable bonds is 4. The van der Waals surface area contributed by atoms with Crippen LogP contribution < -0.4 is 5.32 Å². The van der Waals surface area contributed by atoms with Gasteiger partial charge in [0.15, 0.2) is 11.6 Å². The van der Waals surface area contributed by atoms with E-state index < -0.39 is 11.9 Å². The number of anilines is 1. The van der Waals surface area contributed by atoms with E-state index in [-0.39, 0.29) is 12.4 Å². The monoisotopic (exact) mass is 310 g/mol. The van der Waals surface area contributed by atoms with Crippen LogP contribution in [0.1, 0.15) is 11.7 Å². The van der Waals surface area contributed by atoms with Crippen LogP contribution >= 0.6 is 15.9 Å². The highest BCUT2D eigenvalue weighted by Gasteiger charge is 2.09. The molecule has 0 aliphatic heterocycles. The molecule has 0 bridgehead atoms. The second-order valence-corrected chi connectivity index (χ2v) is 4.71. The van der Waals surface area contributed by atoms with Gasteiger partial charge < -0.3 is 10.4 Å². The van der Waals surface area contributed by atoms with Gasteiger partial charge in [-0.25, -0.2) is 9.37 Å². The van der Waals surface area contributed by atoms with Crippen LogP contribution in [0, 0.1) is 5.82 Å². The van der Waals surface area contributed by atoms with Crippen LogP contribution in [0.2, 0.25) is 0 Å². The molecule has 0 spiro atoms. The maximum absolute atomic E-state index is 13.5. The zero-order valence-electron chi connectivity index (χ0n) is 9.48. The Morgan fingerprint density at radius 1 is 1.33 bits per heavy atom. The first-order chi connectivity index (χ1) is 8.66. The molecule has 0 amide bonds. The molecule has 0 fully saturated rings. The van der Waals surface area contributed by atoms with Gasteiger partial charge in [-0.15, -0.1) is 0 Å². The Morgan fingerprint density at radius 2 is 2.06 bits per heavy atom. The Balaban J connectivity index is 1.99. The minimum Gasteiger partial charge on any atom is -0.387 e. The third-order valence-corrected chi connectivity index (χ3v) is 2.89. The summed E-state index contributed by atoms with van der Waals surface area (Å²) in [5, 5.41) is 12.7.